The third kappa shape index (κ3) is 5.96. The van der Waals surface area contributed by atoms with Crippen LogP contribution < -0.4 is 16.0 Å². The van der Waals surface area contributed by atoms with Gasteiger partial charge in [-0.15, -0.1) is 0 Å². The molecule has 9 nitrogen and oxygen atoms in total. The second-order valence-corrected chi connectivity index (χ2v) is 8.19. The minimum absolute atomic E-state index is 0.0285. The van der Waals surface area contributed by atoms with Crippen molar-refractivity contribution in [3.05, 3.63) is 47.7 Å². The second kappa shape index (κ2) is 10.1. The number of nitrogens with zero attached hydrogens (tertiary/aromatic N) is 1. The smallest absolute Gasteiger partial charge is 0.407 e. The number of amides is 3. The summed E-state index contributed by atoms with van der Waals surface area (Å²) in [6, 6.07) is 6.80. The Labute approximate surface area is 187 Å². The Bertz CT molecular complexity index is 1010. The number of hydrogen-bond donors (Lipinski definition) is 4. The lowest BCUT2D eigenvalue weighted by Crippen LogP contribution is -2.33. The first kappa shape index (κ1) is 23.1. The largest absolute Gasteiger partial charge is 0.446 e. The average Bonchev–Trinajstić information content (AvgIpc) is 3.36. The van der Waals surface area contributed by atoms with Crippen molar-refractivity contribution in [2.75, 3.05) is 10.6 Å². The Kier molecular flexibility index (Phi) is 7.29. The van der Waals surface area contributed by atoms with E-state index in [-0.39, 0.29) is 29.9 Å². The SMILES string of the molecule is C=Cc1ccc(C(=O)Nc2cc(C3CCC(OC(=O)NC(C)C)C3)[nH]n2)cc1NC(C)=O. The van der Waals surface area contributed by atoms with Crippen LogP contribution in [0.25, 0.3) is 6.08 Å². The van der Waals surface area contributed by atoms with Crippen LogP contribution in [0.4, 0.5) is 16.3 Å². The maximum Gasteiger partial charge on any atom is 0.407 e. The summed E-state index contributed by atoms with van der Waals surface area (Å²) >= 11 is 0. The van der Waals surface area contributed by atoms with Gasteiger partial charge < -0.3 is 20.7 Å². The van der Waals surface area contributed by atoms with Crippen LogP contribution in [0.1, 0.15) is 67.6 Å². The molecule has 1 aromatic heterocycles. The van der Waals surface area contributed by atoms with Gasteiger partial charge in [-0.05, 0) is 50.8 Å². The highest BCUT2D eigenvalue weighted by atomic mass is 16.6. The van der Waals surface area contributed by atoms with Gasteiger partial charge in [0.15, 0.2) is 5.82 Å². The van der Waals surface area contributed by atoms with Crippen molar-refractivity contribution in [1.82, 2.24) is 15.5 Å². The molecular formula is C23H29N5O4. The summed E-state index contributed by atoms with van der Waals surface area (Å²) in [5, 5.41) is 15.4. The molecule has 0 spiro atoms. The van der Waals surface area contributed by atoms with Crippen LogP contribution in [0.5, 0.6) is 0 Å². The molecule has 0 radical (unpaired) electrons. The molecule has 1 aromatic carbocycles. The van der Waals surface area contributed by atoms with Crippen LogP contribution >= 0.6 is 0 Å². The van der Waals surface area contributed by atoms with Gasteiger partial charge in [0.2, 0.25) is 5.91 Å². The van der Waals surface area contributed by atoms with Gasteiger partial charge in [-0.3, -0.25) is 14.7 Å². The summed E-state index contributed by atoms with van der Waals surface area (Å²) in [7, 11) is 0. The number of carbonyl (C=O) groups excluding carboxylic acids is 3. The van der Waals surface area contributed by atoms with Gasteiger partial charge in [-0.2, -0.15) is 5.10 Å². The number of anilines is 2. The molecule has 0 aliphatic heterocycles. The number of ether oxygens (including phenoxy) is 1. The summed E-state index contributed by atoms with van der Waals surface area (Å²) in [5.41, 5.74) is 2.51. The quantitative estimate of drug-likeness (QED) is 0.518. The van der Waals surface area contributed by atoms with E-state index in [0.29, 0.717) is 23.5 Å². The van der Waals surface area contributed by atoms with Crippen molar-refractivity contribution >= 4 is 35.5 Å². The molecule has 4 N–H and O–H groups in total. The van der Waals surface area contributed by atoms with E-state index in [1.54, 1.807) is 30.3 Å². The highest BCUT2D eigenvalue weighted by Crippen LogP contribution is 2.36. The molecule has 2 atom stereocenters. The molecule has 9 heteroatoms. The number of alkyl carbamates (subject to hydrolysis) is 1. The average molecular weight is 440 g/mol. The van der Waals surface area contributed by atoms with E-state index in [9.17, 15) is 14.4 Å². The number of benzene rings is 1. The molecule has 0 bridgehead atoms. The van der Waals surface area contributed by atoms with Crippen LogP contribution in [0, 0.1) is 0 Å². The van der Waals surface area contributed by atoms with E-state index in [0.717, 1.165) is 24.1 Å². The highest BCUT2D eigenvalue weighted by molar-refractivity contribution is 6.05. The second-order valence-electron chi connectivity index (χ2n) is 8.19. The first-order valence-corrected chi connectivity index (χ1v) is 10.6. The molecule has 1 fully saturated rings. The lowest BCUT2D eigenvalue weighted by Gasteiger charge is -2.14. The van der Waals surface area contributed by atoms with Crippen LogP contribution in [0.2, 0.25) is 0 Å². The number of hydrogen-bond acceptors (Lipinski definition) is 5. The van der Waals surface area contributed by atoms with E-state index in [1.165, 1.54) is 6.92 Å². The zero-order valence-corrected chi connectivity index (χ0v) is 18.5. The van der Waals surface area contributed by atoms with Gasteiger partial charge in [-0.1, -0.05) is 18.7 Å². The van der Waals surface area contributed by atoms with Crippen LogP contribution in [0.3, 0.4) is 0 Å². The molecule has 2 aromatic rings. The topological polar surface area (TPSA) is 125 Å². The van der Waals surface area contributed by atoms with Gasteiger partial charge in [0.05, 0.1) is 0 Å². The molecule has 1 heterocycles. The Morgan fingerprint density at radius 3 is 2.69 bits per heavy atom. The van der Waals surface area contributed by atoms with Crippen molar-refractivity contribution in [3.63, 3.8) is 0 Å². The van der Waals surface area contributed by atoms with E-state index in [1.807, 2.05) is 13.8 Å². The van der Waals surface area contributed by atoms with Crippen LogP contribution in [0.15, 0.2) is 30.8 Å². The lowest BCUT2D eigenvalue weighted by molar-refractivity contribution is -0.114. The maximum atomic E-state index is 12.7. The first-order chi connectivity index (χ1) is 15.2. The van der Waals surface area contributed by atoms with Crippen molar-refractivity contribution in [2.45, 2.75) is 58.1 Å². The molecule has 170 valence electrons. The monoisotopic (exact) mass is 439 g/mol. The molecule has 1 aliphatic rings. The summed E-state index contributed by atoms with van der Waals surface area (Å²) in [4.78, 5) is 35.9. The predicted molar refractivity (Wildman–Crippen MR) is 123 cm³/mol. The number of aromatic nitrogens is 2. The maximum absolute atomic E-state index is 12.7. The fourth-order valence-corrected chi connectivity index (χ4v) is 3.72. The van der Waals surface area contributed by atoms with E-state index >= 15 is 0 Å². The number of H-pyrrole nitrogens is 1. The van der Waals surface area contributed by atoms with E-state index in [2.05, 4.69) is 32.7 Å². The minimum atomic E-state index is -0.399. The first-order valence-electron chi connectivity index (χ1n) is 10.6. The molecular weight excluding hydrogens is 410 g/mol. The van der Waals surface area contributed by atoms with Crippen molar-refractivity contribution in [2.24, 2.45) is 0 Å². The predicted octanol–water partition coefficient (Wildman–Crippen LogP) is 4.03. The molecule has 1 saturated carbocycles. The number of nitrogens with one attached hydrogen (secondary N) is 4. The number of rotatable bonds is 7. The van der Waals surface area contributed by atoms with E-state index in [4.69, 9.17) is 4.74 Å². The summed E-state index contributed by atoms with van der Waals surface area (Å²) in [6.45, 7) is 8.89. The van der Waals surface area contributed by atoms with Gasteiger partial charge in [0.25, 0.3) is 5.91 Å². The van der Waals surface area contributed by atoms with Crippen LogP contribution in [-0.4, -0.2) is 40.3 Å². The third-order valence-corrected chi connectivity index (χ3v) is 5.19. The number of carbonyl (C=O) groups is 3. The molecule has 32 heavy (non-hydrogen) atoms. The summed E-state index contributed by atoms with van der Waals surface area (Å²) < 4.78 is 5.47. The Balaban J connectivity index is 1.61. The summed E-state index contributed by atoms with van der Waals surface area (Å²) in [6.07, 6.45) is 3.40. The Morgan fingerprint density at radius 1 is 1.22 bits per heavy atom. The third-order valence-electron chi connectivity index (χ3n) is 5.19. The minimum Gasteiger partial charge on any atom is -0.446 e. The molecule has 3 rings (SSSR count). The zero-order valence-electron chi connectivity index (χ0n) is 18.5. The highest BCUT2D eigenvalue weighted by Gasteiger charge is 2.30. The standard InChI is InChI=1S/C23H29N5O4/c1-5-15-6-7-17(11-19(15)25-14(4)29)22(30)26-21-12-20(27-28-21)16-8-9-18(10-16)32-23(31)24-13(2)3/h5-7,11-13,16,18H,1,8-10H2,2-4H3,(H,24,31)(H,25,29)(H2,26,27,28,30). The Hall–Kier alpha value is -3.62. The van der Waals surface area contributed by atoms with Gasteiger partial charge in [0, 0.05) is 41.9 Å². The van der Waals surface area contributed by atoms with E-state index < -0.39 is 6.09 Å². The zero-order chi connectivity index (χ0) is 23.3. The molecule has 3 amide bonds. The van der Waals surface area contributed by atoms with Gasteiger partial charge in [0.1, 0.15) is 6.10 Å². The fraction of sp³-hybridized carbons (Fsp3) is 0.391. The van der Waals surface area contributed by atoms with Gasteiger partial charge >= 0.3 is 6.09 Å². The normalized spacial score (nSPS) is 17.6. The van der Waals surface area contributed by atoms with Gasteiger partial charge in [-0.25, -0.2) is 4.79 Å². The lowest BCUT2D eigenvalue weighted by atomic mass is 10.0. The summed E-state index contributed by atoms with van der Waals surface area (Å²) in [5.74, 6) is -0.00423. The fourth-order valence-electron chi connectivity index (χ4n) is 3.72. The number of aromatic amines is 1. The van der Waals surface area contributed by atoms with Crippen LogP contribution in [-0.2, 0) is 9.53 Å². The van der Waals surface area contributed by atoms with Crippen molar-refractivity contribution < 1.29 is 19.1 Å². The molecule has 1 aliphatic carbocycles. The van der Waals surface area contributed by atoms with Crippen molar-refractivity contribution in [1.29, 1.82) is 0 Å². The molecule has 0 saturated heterocycles. The van der Waals surface area contributed by atoms with Crippen molar-refractivity contribution in [3.8, 4) is 0 Å². The Morgan fingerprint density at radius 2 is 2.00 bits per heavy atom. The molecule has 2 unspecified atom stereocenters.